The van der Waals surface area contributed by atoms with Gasteiger partial charge in [-0.3, -0.25) is 9.69 Å². The fraction of sp³-hybridized carbons (Fsp3) is 0.552. The number of nitrogens with two attached hydrogens (primary N) is 1. The summed E-state index contributed by atoms with van der Waals surface area (Å²) in [5.74, 6) is -0.0770. The first kappa shape index (κ1) is 29.7. The standard InChI is InChI=1S/C29H44FN3O3/c1-19(2)27(32(6)17-23(31)14-20-8-11-22(30)12-9-20)28(36)33(7)24(18-34)15-21-10-13-26(35)25(16-21)29(3,4)5/h8-13,16,19,23-24,27,34-35H,14-15,17-18,31H2,1-7H3. The minimum atomic E-state index is -0.409. The molecule has 0 aromatic heterocycles. The molecule has 0 bridgehead atoms. The van der Waals surface area contributed by atoms with E-state index in [1.807, 2.05) is 58.7 Å². The average molecular weight is 502 g/mol. The summed E-state index contributed by atoms with van der Waals surface area (Å²) in [6.07, 6.45) is 1.05. The summed E-state index contributed by atoms with van der Waals surface area (Å²) in [6, 6.07) is 10.8. The van der Waals surface area contributed by atoms with Gasteiger partial charge in [0.2, 0.25) is 5.91 Å². The summed E-state index contributed by atoms with van der Waals surface area (Å²) >= 11 is 0. The van der Waals surface area contributed by atoms with Crippen LogP contribution in [0.15, 0.2) is 42.5 Å². The molecule has 0 spiro atoms. The number of aromatic hydroxyl groups is 1. The Kier molecular flexibility index (Phi) is 10.5. The van der Waals surface area contributed by atoms with Crippen molar-refractivity contribution >= 4 is 5.91 Å². The molecule has 0 fully saturated rings. The zero-order valence-corrected chi connectivity index (χ0v) is 22.8. The molecular formula is C29H44FN3O3. The van der Waals surface area contributed by atoms with Gasteiger partial charge in [0.05, 0.1) is 18.7 Å². The molecule has 0 saturated heterocycles. The number of aliphatic hydroxyl groups excluding tert-OH is 1. The van der Waals surface area contributed by atoms with E-state index in [0.29, 0.717) is 19.4 Å². The third-order valence-electron chi connectivity index (χ3n) is 6.74. The zero-order valence-electron chi connectivity index (χ0n) is 22.8. The molecule has 1 amide bonds. The number of benzene rings is 2. The second kappa shape index (κ2) is 12.7. The number of halogens is 1. The minimum absolute atomic E-state index is 0.0310. The molecule has 4 N–H and O–H groups in total. The van der Waals surface area contributed by atoms with Crippen molar-refractivity contribution < 1.29 is 19.4 Å². The second-order valence-corrected chi connectivity index (χ2v) is 11.3. The summed E-state index contributed by atoms with van der Waals surface area (Å²) in [4.78, 5) is 17.2. The van der Waals surface area contributed by atoms with Crippen molar-refractivity contribution in [3.63, 3.8) is 0 Å². The van der Waals surface area contributed by atoms with Crippen molar-refractivity contribution in [3.8, 4) is 5.75 Å². The van der Waals surface area contributed by atoms with E-state index in [1.54, 1.807) is 30.1 Å². The molecule has 0 aliphatic heterocycles. The number of hydrogen-bond donors (Lipinski definition) is 3. The summed E-state index contributed by atoms with van der Waals surface area (Å²) in [5, 5.41) is 20.5. The molecular weight excluding hydrogens is 457 g/mol. The third kappa shape index (κ3) is 8.02. The van der Waals surface area contributed by atoms with Crippen LogP contribution in [-0.2, 0) is 23.1 Å². The monoisotopic (exact) mass is 501 g/mol. The molecule has 0 radical (unpaired) electrons. The molecule has 2 aromatic carbocycles. The molecule has 6 nitrogen and oxygen atoms in total. The van der Waals surface area contributed by atoms with E-state index >= 15 is 0 Å². The van der Waals surface area contributed by atoms with Gasteiger partial charge in [-0.25, -0.2) is 4.39 Å². The lowest BCUT2D eigenvalue weighted by Crippen LogP contribution is -2.55. The van der Waals surface area contributed by atoms with Crippen LogP contribution in [0.1, 0.15) is 51.3 Å². The lowest BCUT2D eigenvalue weighted by Gasteiger charge is -2.37. The number of aliphatic hydroxyl groups is 1. The fourth-order valence-corrected chi connectivity index (χ4v) is 4.75. The molecule has 2 aromatic rings. The van der Waals surface area contributed by atoms with Gasteiger partial charge in [-0.1, -0.05) is 58.9 Å². The molecule has 0 aliphatic rings. The maximum Gasteiger partial charge on any atom is 0.240 e. The van der Waals surface area contributed by atoms with E-state index in [2.05, 4.69) is 0 Å². The first-order valence-electron chi connectivity index (χ1n) is 12.6. The van der Waals surface area contributed by atoms with Gasteiger partial charge >= 0.3 is 0 Å². The Morgan fingerprint density at radius 3 is 2.14 bits per heavy atom. The first-order valence-corrected chi connectivity index (χ1v) is 12.6. The smallest absolute Gasteiger partial charge is 0.240 e. The summed E-state index contributed by atoms with van der Waals surface area (Å²) in [6.45, 7) is 10.4. The predicted octanol–water partition coefficient (Wildman–Crippen LogP) is 3.72. The lowest BCUT2D eigenvalue weighted by atomic mass is 9.84. The largest absolute Gasteiger partial charge is 0.508 e. The van der Waals surface area contributed by atoms with Gasteiger partial charge in [-0.15, -0.1) is 0 Å². The van der Waals surface area contributed by atoms with Gasteiger partial charge in [0, 0.05) is 19.6 Å². The Morgan fingerprint density at radius 2 is 1.61 bits per heavy atom. The number of likely N-dealkylation sites (N-methyl/N-ethyl adjacent to an activating group) is 2. The molecule has 3 unspecified atom stereocenters. The SMILES string of the molecule is CC(C)C(C(=O)N(C)C(CO)Cc1ccc(O)c(C(C)(C)C)c1)N(C)CC(N)Cc1ccc(F)cc1. The van der Waals surface area contributed by atoms with E-state index in [9.17, 15) is 19.4 Å². The lowest BCUT2D eigenvalue weighted by molar-refractivity contribution is -0.139. The van der Waals surface area contributed by atoms with Crippen molar-refractivity contribution in [2.75, 3.05) is 27.2 Å². The van der Waals surface area contributed by atoms with Crippen LogP contribution in [0, 0.1) is 11.7 Å². The topological polar surface area (TPSA) is 90.0 Å². The molecule has 0 heterocycles. The maximum absolute atomic E-state index is 13.6. The number of carbonyl (C=O) groups is 1. The van der Waals surface area contributed by atoms with Crippen LogP contribution in [0.3, 0.4) is 0 Å². The van der Waals surface area contributed by atoms with Gasteiger partial charge < -0.3 is 20.8 Å². The average Bonchev–Trinajstić information content (AvgIpc) is 2.78. The van der Waals surface area contributed by atoms with Gasteiger partial charge in [-0.2, -0.15) is 0 Å². The normalized spacial score (nSPS) is 14.7. The molecule has 200 valence electrons. The van der Waals surface area contributed by atoms with Gasteiger partial charge in [0.1, 0.15) is 11.6 Å². The van der Waals surface area contributed by atoms with E-state index in [1.165, 1.54) is 12.1 Å². The number of nitrogens with zero attached hydrogens (tertiary/aromatic N) is 2. The van der Waals surface area contributed by atoms with Crippen molar-refractivity contribution in [2.24, 2.45) is 11.7 Å². The van der Waals surface area contributed by atoms with E-state index in [0.717, 1.165) is 16.7 Å². The molecule has 0 saturated carbocycles. The van der Waals surface area contributed by atoms with E-state index in [4.69, 9.17) is 5.73 Å². The third-order valence-corrected chi connectivity index (χ3v) is 6.74. The number of amides is 1. The number of rotatable bonds is 11. The van der Waals surface area contributed by atoms with Crippen LogP contribution in [-0.4, -0.2) is 71.3 Å². The Hall–Kier alpha value is -2.48. The van der Waals surface area contributed by atoms with Crippen LogP contribution in [0.25, 0.3) is 0 Å². The Balaban J connectivity index is 2.13. The Morgan fingerprint density at radius 1 is 1.03 bits per heavy atom. The molecule has 7 heteroatoms. The highest BCUT2D eigenvalue weighted by Crippen LogP contribution is 2.31. The Bertz CT molecular complexity index is 988. The molecule has 3 atom stereocenters. The highest BCUT2D eigenvalue weighted by molar-refractivity contribution is 5.82. The van der Waals surface area contributed by atoms with Crippen LogP contribution < -0.4 is 5.73 Å². The molecule has 2 rings (SSSR count). The van der Waals surface area contributed by atoms with Crippen molar-refractivity contribution in [1.29, 1.82) is 0 Å². The first-order chi connectivity index (χ1) is 16.7. The van der Waals surface area contributed by atoms with Crippen molar-refractivity contribution in [2.45, 2.75) is 71.0 Å². The van der Waals surface area contributed by atoms with Crippen LogP contribution >= 0.6 is 0 Å². The number of hydrogen-bond acceptors (Lipinski definition) is 5. The van der Waals surface area contributed by atoms with Gasteiger partial charge in [-0.05, 0) is 66.1 Å². The van der Waals surface area contributed by atoms with Crippen LogP contribution in [0.2, 0.25) is 0 Å². The Labute approximate surface area is 215 Å². The highest BCUT2D eigenvalue weighted by Gasteiger charge is 2.33. The van der Waals surface area contributed by atoms with Crippen molar-refractivity contribution in [1.82, 2.24) is 9.80 Å². The number of carbonyl (C=O) groups excluding carboxylic acids is 1. The van der Waals surface area contributed by atoms with Gasteiger partial charge in [0.15, 0.2) is 0 Å². The minimum Gasteiger partial charge on any atom is -0.508 e. The quantitative estimate of drug-likeness (QED) is 0.437. The zero-order chi connectivity index (χ0) is 27.2. The second-order valence-electron chi connectivity index (χ2n) is 11.3. The summed E-state index contributed by atoms with van der Waals surface area (Å²) in [5.41, 5.74) is 8.89. The van der Waals surface area contributed by atoms with Crippen molar-refractivity contribution in [3.05, 3.63) is 65.0 Å². The summed E-state index contributed by atoms with van der Waals surface area (Å²) < 4.78 is 13.2. The predicted molar refractivity (Wildman–Crippen MR) is 143 cm³/mol. The number of phenolic OH excluding ortho intramolecular Hbond substituents is 1. The van der Waals surface area contributed by atoms with Crippen LogP contribution in [0.4, 0.5) is 4.39 Å². The van der Waals surface area contributed by atoms with Gasteiger partial charge in [0.25, 0.3) is 0 Å². The van der Waals surface area contributed by atoms with E-state index in [-0.39, 0.29) is 41.5 Å². The highest BCUT2D eigenvalue weighted by atomic mass is 19.1. The maximum atomic E-state index is 13.6. The molecule has 0 aliphatic carbocycles. The number of phenols is 1. The molecule has 36 heavy (non-hydrogen) atoms. The summed E-state index contributed by atoms with van der Waals surface area (Å²) in [7, 11) is 3.63. The van der Waals surface area contributed by atoms with E-state index < -0.39 is 12.1 Å². The fourth-order valence-electron chi connectivity index (χ4n) is 4.75. The van der Waals surface area contributed by atoms with Crippen LogP contribution in [0.5, 0.6) is 5.75 Å².